The number of fused-ring (bicyclic) bond motifs is 3. The molecule has 5 rings (SSSR count). The van der Waals surface area contributed by atoms with Crippen LogP contribution in [-0.2, 0) is 20.6 Å². The van der Waals surface area contributed by atoms with E-state index in [9.17, 15) is 9.59 Å². The summed E-state index contributed by atoms with van der Waals surface area (Å²) in [4.78, 5) is 34.4. The zero-order chi connectivity index (χ0) is 22.2. The molecule has 3 aromatic heterocycles. The maximum atomic E-state index is 12.6. The van der Waals surface area contributed by atoms with Crippen molar-refractivity contribution in [2.45, 2.75) is 19.4 Å². The Hall–Kier alpha value is -3.33. The van der Waals surface area contributed by atoms with Gasteiger partial charge in [-0.15, -0.1) is 0 Å². The molecule has 0 aliphatic carbocycles. The van der Waals surface area contributed by atoms with Crippen LogP contribution in [0.25, 0.3) is 16.9 Å². The lowest BCUT2D eigenvalue weighted by atomic mass is 10.2. The first-order valence-corrected chi connectivity index (χ1v) is 11.2. The Bertz CT molecular complexity index is 1350. The van der Waals surface area contributed by atoms with Crippen LogP contribution in [-0.4, -0.2) is 60.7 Å². The third kappa shape index (κ3) is 3.52. The van der Waals surface area contributed by atoms with Crippen molar-refractivity contribution >= 4 is 22.6 Å². The normalized spacial score (nSPS) is 15.2. The second kappa shape index (κ2) is 8.31. The molecule has 0 unspecified atom stereocenters. The second-order valence-corrected chi connectivity index (χ2v) is 8.52. The molecule has 0 amide bonds. The average molecular weight is 436 g/mol. The van der Waals surface area contributed by atoms with Gasteiger partial charge in [0.15, 0.2) is 11.2 Å². The third-order valence-corrected chi connectivity index (χ3v) is 6.54. The number of hydrogen-bond acceptors (Lipinski definition) is 5. The zero-order valence-corrected chi connectivity index (χ0v) is 18.6. The Morgan fingerprint density at radius 2 is 1.59 bits per heavy atom. The zero-order valence-electron chi connectivity index (χ0n) is 18.6. The van der Waals surface area contributed by atoms with E-state index < -0.39 is 0 Å². The summed E-state index contributed by atoms with van der Waals surface area (Å²) in [6, 6.07) is 10.6. The van der Waals surface area contributed by atoms with Crippen LogP contribution in [0.5, 0.6) is 0 Å². The molecule has 0 radical (unpaired) electrons. The molecule has 168 valence electrons. The van der Waals surface area contributed by atoms with Crippen LogP contribution < -0.4 is 16.1 Å². The predicted molar refractivity (Wildman–Crippen MR) is 125 cm³/mol. The topological polar surface area (TPSA) is 72.7 Å². The van der Waals surface area contributed by atoms with Gasteiger partial charge in [-0.05, 0) is 31.5 Å². The predicted octanol–water partition coefficient (Wildman–Crippen LogP) is 1.29. The molecule has 0 spiro atoms. The van der Waals surface area contributed by atoms with Crippen molar-refractivity contribution in [3.63, 3.8) is 0 Å². The minimum atomic E-state index is -0.359. The van der Waals surface area contributed by atoms with Crippen LogP contribution in [0.15, 0.2) is 52.3 Å². The molecule has 1 aliphatic heterocycles. The second-order valence-electron chi connectivity index (χ2n) is 8.52. The molecule has 1 fully saturated rings. The monoisotopic (exact) mass is 435 g/mol. The lowest BCUT2D eigenvalue weighted by molar-refractivity contribution is 0.251. The molecule has 0 atom stereocenters. The number of rotatable bonds is 6. The van der Waals surface area contributed by atoms with Crippen molar-refractivity contribution in [1.29, 1.82) is 0 Å². The summed E-state index contributed by atoms with van der Waals surface area (Å²) in [7, 11) is 3.15. The van der Waals surface area contributed by atoms with E-state index in [4.69, 9.17) is 0 Å². The van der Waals surface area contributed by atoms with Crippen molar-refractivity contribution in [2.75, 3.05) is 37.6 Å². The van der Waals surface area contributed by atoms with Crippen LogP contribution >= 0.6 is 0 Å². The number of anilines is 1. The number of piperazine rings is 1. The molecule has 0 N–H and O–H groups in total. The molecular weight excluding hydrogens is 406 g/mol. The molecule has 0 bridgehead atoms. The third-order valence-electron chi connectivity index (χ3n) is 6.54. The highest BCUT2D eigenvalue weighted by Gasteiger charge is 2.18. The van der Waals surface area contributed by atoms with Gasteiger partial charge in [0.25, 0.3) is 5.56 Å². The van der Waals surface area contributed by atoms with Crippen LogP contribution in [0.3, 0.4) is 0 Å². The highest BCUT2D eigenvalue weighted by molar-refractivity contribution is 5.75. The van der Waals surface area contributed by atoms with Crippen LogP contribution in [0, 0.1) is 0 Å². The van der Waals surface area contributed by atoms with Gasteiger partial charge in [0.05, 0.1) is 0 Å². The van der Waals surface area contributed by atoms with Crippen LogP contribution in [0.4, 0.5) is 5.69 Å². The van der Waals surface area contributed by atoms with E-state index in [0.29, 0.717) is 16.9 Å². The lowest BCUT2D eigenvalue weighted by Gasteiger charge is -2.36. The first kappa shape index (κ1) is 20.6. The summed E-state index contributed by atoms with van der Waals surface area (Å²) in [6.07, 6.45) is 5.96. The van der Waals surface area contributed by atoms with E-state index in [1.165, 1.54) is 17.3 Å². The van der Waals surface area contributed by atoms with Gasteiger partial charge in [0.1, 0.15) is 0 Å². The van der Waals surface area contributed by atoms with Crippen LogP contribution in [0.1, 0.15) is 12.8 Å². The van der Waals surface area contributed by atoms with E-state index >= 15 is 0 Å². The molecule has 32 heavy (non-hydrogen) atoms. The Balaban J connectivity index is 1.20. The molecule has 1 saturated heterocycles. The van der Waals surface area contributed by atoms with E-state index in [2.05, 4.69) is 49.7 Å². The number of benzene rings is 1. The first-order chi connectivity index (χ1) is 15.5. The summed E-state index contributed by atoms with van der Waals surface area (Å²) < 4.78 is 6.42. The summed E-state index contributed by atoms with van der Waals surface area (Å²) >= 11 is 0. The smallest absolute Gasteiger partial charge is 0.332 e. The Labute approximate surface area is 185 Å². The van der Waals surface area contributed by atoms with Crippen LogP contribution in [0.2, 0.25) is 0 Å². The molecule has 4 heterocycles. The Morgan fingerprint density at radius 3 is 2.34 bits per heavy atom. The van der Waals surface area contributed by atoms with Gasteiger partial charge in [-0.25, -0.2) is 4.79 Å². The molecule has 4 aromatic rings. The van der Waals surface area contributed by atoms with Crippen molar-refractivity contribution in [3.8, 4) is 0 Å². The fourth-order valence-electron chi connectivity index (χ4n) is 4.62. The Morgan fingerprint density at radius 1 is 0.875 bits per heavy atom. The number of para-hydroxylation sites is 1. The van der Waals surface area contributed by atoms with Crippen molar-refractivity contribution < 1.29 is 0 Å². The summed E-state index contributed by atoms with van der Waals surface area (Å²) in [6.45, 7) is 6.23. The minimum Gasteiger partial charge on any atom is -0.369 e. The number of imidazole rings is 2. The quantitative estimate of drug-likeness (QED) is 0.427. The van der Waals surface area contributed by atoms with E-state index in [1.54, 1.807) is 11.4 Å². The van der Waals surface area contributed by atoms with Gasteiger partial charge in [0, 0.05) is 64.9 Å². The fraction of sp³-hybridized carbons (Fsp3) is 0.435. The number of aryl methyl sites for hydroxylation is 2. The molecule has 1 aromatic carbocycles. The largest absolute Gasteiger partial charge is 0.369 e. The maximum Gasteiger partial charge on any atom is 0.332 e. The van der Waals surface area contributed by atoms with Crippen molar-refractivity contribution in [2.24, 2.45) is 14.1 Å². The van der Waals surface area contributed by atoms with Crippen molar-refractivity contribution in [1.82, 2.24) is 28.0 Å². The highest BCUT2D eigenvalue weighted by Crippen LogP contribution is 2.16. The molecule has 9 heteroatoms. The van der Waals surface area contributed by atoms with Gasteiger partial charge >= 0.3 is 5.69 Å². The average Bonchev–Trinajstić information content (AvgIpc) is 3.40. The summed E-state index contributed by atoms with van der Waals surface area (Å²) in [5.41, 5.74) is 1.51. The fourth-order valence-corrected chi connectivity index (χ4v) is 4.62. The minimum absolute atomic E-state index is 0.317. The molecule has 1 aliphatic rings. The number of hydrogen-bond donors (Lipinski definition) is 0. The number of unbranched alkanes of at least 4 members (excludes halogenated alkanes) is 1. The van der Waals surface area contributed by atoms with Crippen molar-refractivity contribution in [3.05, 3.63) is 63.6 Å². The molecule has 9 nitrogen and oxygen atoms in total. The van der Waals surface area contributed by atoms with Gasteiger partial charge in [-0.2, -0.15) is 4.98 Å². The Kier molecular flexibility index (Phi) is 5.34. The summed E-state index contributed by atoms with van der Waals surface area (Å²) in [5.74, 6) is 0.703. The van der Waals surface area contributed by atoms with Gasteiger partial charge in [-0.1, -0.05) is 18.2 Å². The first-order valence-electron chi connectivity index (χ1n) is 11.2. The van der Waals surface area contributed by atoms with Gasteiger partial charge in [-0.3, -0.25) is 23.2 Å². The number of nitrogens with zero attached hydrogens (tertiary/aromatic N) is 7. The lowest BCUT2D eigenvalue weighted by Crippen LogP contribution is -2.46. The molecular formula is C23H29N7O2. The van der Waals surface area contributed by atoms with Gasteiger partial charge in [0.2, 0.25) is 5.78 Å². The van der Waals surface area contributed by atoms with Gasteiger partial charge < -0.3 is 9.47 Å². The van der Waals surface area contributed by atoms with E-state index in [0.717, 1.165) is 56.7 Å². The SMILES string of the molecule is Cn1c(=O)c2c(nc3n(CCCCN4CCN(c5ccccc5)CC4)ccn23)n(C)c1=O. The van der Waals surface area contributed by atoms with E-state index in [-0.39, 0.29) is 11.2 Å². The maximum absolute atomic E-state index is 12.6. The highest BCUT2D eigenvalue weighted by atomic mass is 16.2. The van der Waals surface area contributed by atoms with E-state index in [1.807, 2.05) is 12.4 Å². The summed E-state index contributed by atoms with van der Waals surface area (Å²) in [5, 5.41) is 0. The standard InChI is InChI=1S/C23H29N7O2/c1-25-20-19(21(31)26(2)23(25)32)30-17-16-29(22(30)24-20)11-7-6-10-27-12-14-28(15-13-27)18-8-4-3-5-9-18/h3-5,8-9,16-17H,6-7,10-15H2,1-2H3. The molecule has 0 saturated carbocycles. The number of aromatic nitrogens is 5.